The van der Waals surface area contributed by atoms with Crippen LogP contribution < -0.4 is 0 Å². The number of nitriles is 2. The summed E-state index contributed by atoms with van der Waals surface area (Å²) in [5.41, 5.74) is 5.79. The fraction of sp³-hybridized carbons (Fsp3) is 0.0385. The number of para-hydroxylation sites is 3. The first-order valence-electron chi connectivity index (χ1n) is 9.89. The molecule has 1 N–H and O–H groups in total. The molecule has 0 spiro atoms. The number of hydrogen-bond acceptors (Lipinski definition) is 3. The number of aromatic amines is 1. The lowest BCUT2D eigenvalue weighted by Gasteiger charge is -2.07. The number of nitrogens with one attached hydrogen (secondary N) is 1. The third kappa shape index (κ3) is 3.35. The number of fused-ring (bicyclic) bond motifs is 2. The molecule has 0 aliphatic carbocycles. The molecule has 3 aromatic carbocycles. The van der Waals surface area contributed by atoms with Gasteiger partial charge in [-0.05, 0) is 35.9 Å². The summed E-state index contributed by atoms with van der Waals surface area (Å²) in [6, 6.07) is 28.0. The van der Waals surface area contributed by atoms with Crippen molar-refractivity contribution in [1.82, 2.24) is 14.5 Å². The zero-order valence-corrected chi connectivity index (χ0v) is 16.6. The zero-order chi connectivity index (χ0) is 21.2. The number of nitrogens with zero attached hydrogens (tertiary/aromatic N) is 4. The van der Waals surface area contributed by atoms with E-state index < -0.39 is 0 Å². The number of allylic oxidation sites excluding steroid dienone is 1. The number of hydrogen-bond donors (Lipinski definition) is 1. The van der Waals surface area contributed by atoms with Crippen LogP contribution in [-0.2, 0) is 6.54 Å². The van der Waals surface area contributed by atoms with E-state index in [9.17, 15) is 10.5 Å². The molecule has 0 saturated heterocycles. The fourth-order valence-electron chi connectivity index (χ4n) is 3.86. The van der Waals surface area contributed by atoms with E-state index in [1.165, 1.54) is 0 Å². The van der Waals surface area contributed by atoms with Gasteiger partial charge in [-0.3, -0.25) is 0 Å². The third-order valence-electron chi connectivity index (χ3n) is 5.36. The highest BCUT2D eigenvalue weighted by Crippen LogP contribution is 2.27. The molecule has 0 radical (unpaired) electrons. The molecule has 2 heterocycles. The number of benzene rings is 3. The van der Waals surface area contributed by atoms with E-state index in [1.807, 2.05) is 79.0 Å². The van der Waals surface area contributed by atoms with Crippen molar-refractivity contribution in [3.8, 4) is 12.1 Å². The van der Waals surface area contributed by atoms with Crippen molar-refractivity contribution in [1.29, 1.82) is 10.5 Å². The van der Waals surface area contributed by atoms with Gasteiger partial charge in [-0.2, -0.15) is 10.5 Å². The van der Waals surface area contributed by atoms with Gasteiger partial charge in [0.1, 0.15) is 11.9 Å². The molecule has 0 aliphatic rings. The van der Waals surface area contributed by atoms with Gasteiger partial charge in [0, 0.05) is 29.2 Å². The first-order chi connectivity index (χ1) is 15.3. The van der Waals surface area contributed by atoms with E-state index in [4.69, 9.17) is 0 Å². The normalized spacial score (nSPS) is 11.5. The number of imidazole rings is 1. The van der Waals surface area contributed by atoms with Crippen molar-refractivity contribution >= 4 is 33.6 Å². The Labute approximate surface area is 179 Å². The van der Waals surface area contributed by atoms with Gasteiger partial charge < -0.3 is 9.55 Å². The van der Waals surface area contributed by atoms with Crippen LogP contribution in [0.1, 0.15) is 22.5 Å². The Bertz CT molecular complexity index is 1500. The smallest absolute Gasteiger partial charge is 0.149 e. The summed E-state index contributed by atoms with van der Waals surface area (Å²) in [6.07, 6.45) is 3.89. The van der Waals surface area contributed by atoms with Crippen molar-refractivity contribution in [2.45, 2.75) is 6.54 Å². The molecule has 31 heavy (non-hydrogen) atoms. The van der Waals surface area contributed by atoms with Crippen molar-refractivity contribution in [3.05, 3.63) is 102 Å². The van der Waals surface area contributed by atoms with Crippen LogP contribution in [0.4, 0.5) is 0 Å². The van der Waals surface area contributed by atoms with Crippen LogP contribution in [0.3, 0.4) is 0 Å². The minimum absolute atomic E-state index is 0.469. The summed E-state index contributed by atoms with van der Waals surface area (Å²) in [5, 5.41) is 20.3. The molecule has 5 rings (SSSR count). The molecular weight excluding hydrogens is 382 g/mol. The van der Waals surface area contributed by atoms with Crippen LogP contribution >= 0.6 is 0 Å². The molecule has 0 saturated carbocycles. The maximum Gasteiger partial charge on any atom is 0.149 e. The van der Waals surface area contributed by atoms with E-state index in [2.05, 4.69) is 32.7 Å². The second kappa shape index (κ2) is 7.67. The molecule has 5 nitrogen and oxygen atoms in total. The van der Waals surface area contributed by atoms with Crippen LogP contribution in [0.25, 0.3) is 33.6 Å². The van der Waals surface area contributed by atoms with Gasteiger partial charge in [0.05, 0.1) is 28.2 Å². The molecule has 0 bridgehead atoms. The Morgan fingerprint density at radius 3 is 2.58 bits per heavy atom. The van der Waals surface area contributed by atoms with Gasteiger partial charge in [0.2, 0.25) is 0 Å². The zero-order valence-electron chi connectivity index (χ0n) is 16.6. The molecule has 0 fully saturated rings. The summed E-state index contributed by atoms with van der Waals surface area (Å²) in [5.74, 6) is 0.551. The van der Waals surface area contributed by atoms with E-state index in [-0.39, 0.29) is 0 Å². The molecule has 5 heteroatoms. The van der Waals surface area contributed by atoms with Crippen LogP contribution in [0, 0.1) is 22.7 Å². The molecule has 0 unspecified atom stereocenters. The van der Waals surface area contributed by atoms with Gasteiger partial charge in [-0.1, -0.05) is 48.5 Å². The van der Waals surface area contributed by atoms with Crippen LogP contribution in [0.2, 0.25) is 0 Å². The molecular formula is C26H17N5. The van der Waals surface area contributed by atoms with Crippen molar-refractivity contribution in [2.75, 3.05) is 0 Å². The highest BCUT2D eigenvalue weighted by molar-refractivity contribution is 5.98. The molecule has 2 aromatic heterocycles. The standard InChI is InChI=1S/C26H17N5/c27-14-18-7-1-2-8-19(18)16-31-17-21(22-9-3-6-12-25(22)31)13-20(15-28)26-29-23-10-4-5-11-24(23)30-26/h1-13,17H,16H2,(H,29,30). The average Bonchev–Trinajstić information content (AvgIpc) is 3.39. The summed E-state index contributed by atoms with van der Waals surface area (Å²) in [4.78, 5) is 7.80. The second-order valence-electron chi connectivity index (χ2n) is 7.27. The minimum atomic E-state index is 0.469. The van der Waals surface area contributed by atoms with Crippen molar-refractivity contribution < 1.29 is 0 Å². The molecule has 146 valence electrons. The molecule has 5 aromatic rings. The molecule has 0 atom stereocenters. The Morgan fingerprint density at radius 2 is 1.74 bits per heavy atom. The Balaban J connectivity index is 1.61. The van der Waals surface area contributed by atoms with E-state index in [0.717, 1.165) is 33.1 Å². The summed E-state index contributed by atoms with van der Waals surface area (Å²) >= 11 is 0. The van der Waals surface area contributed by atoms with Crippen LogP contribution in [-0.4, -0.2) is 14.5 Å². The van der Waals surface area contributed by atoms with Gasteiger partial charge >= 0.3 is 0 Å². The monoisotopic (exact) mass is 399 g/mol. The largest absolute Gasteiger partial charge is 0.342 e. The first-order valence-corrected chi connectivity index (χ1v) is 9.89. The average molecular weight is 399 g/mol. The van der Waals surface area contributed by atoms with Crippen LogP contribution in [0.15, 0.2) is 79.0 Å². The van der Waals surface area contributed by atoms with E-state index >= 15 is 0 Å². The SMILES string of the molecule is N#CC(=Cc1cn(Cc2ccccc2C#N)c2ccccc12)c1nc2ccccc2[nH]1. The lowest BCUT2D eigenvalue weighted by Crippen LogP contribution is -2.00. The predicted molar refractivity (Wildman–Crippen MR) is 122 cm³/mol. The number of H-pyrrole nitrogens is 1. The quantitative estimate of drug-likeness (QED) is 0.405. The van der Waals surface area contributed by atoms with Gasteiger partial charge in [-0.25, -0.2) is 4.98 Å². The highest BCUT2D eigenvalue weighted by Gasteiger charge is 2.12. The molecule has 0 aliphatic heterocycles. The fourth-order valence-corrected chi connectivity index (χ4v) is 3.86. The maximum atomic E-state index is 9.83. The van der Waals surface area contributed by atoms with Crippen molar-refractivity contribution in [3.63, 3.8) is 0 Å². The lowest BCUT2D eigenvalue weighted by molar-refractivity contribution is 0.833. The maximum absolute atomic E-state index is 9.83. The highest BCUT2D eigenvalue weighted by atomic mass is 15.0. The van der Waals surface area contributed by atoms with E-state index in [1.54, 1.807) is 0 Å². The Morgan fingerprint density at radius 1 is 0.968 bits per heavy atom. The van der Waals surface area contributed by atoms with Gasteiger partial charge in [-0.15, -0.1) is 0 Å². The molecule has 0 amide bonds. The summed E-state index contributed by atoms with van der Waals surface area (Å²) < 4.78 is 2.12. The van der Waals surface area contributed by atoms with Gasteiger partial charge in [0.25, 0.3) is 0 Å². The lowest BCUT2D eigenvalue weighted by atomic mass is 10.1. The topological polar surface area (TPSA) is 81.2 Å². The number of rotatable bonds is 4. The summed E-state index contributed by atoms with van der Waals surface area (Å²) in [6.45, 7) is 0.574. The number of aromatic nitrogens is 3. The Hall–Kier alpha value is -4.61. The van der Waals surface area contributed by atoms with E-state index in [0.29, 0.717) is 23.5 Å². The second-order valence-corrected chi connectivity index (χ2v) is 7.27. The van der Waals surface area contributed by atoms with Crippen molar-refractivity contribution in [2.24, 2.45) is 0 Å². The predicted octanol–water partition coefficient (Wildman–Crippen LogP) is 5.50. The van der Waals surface area contributed by atoms with Gasteiger partial charge in [0.15, 0.2) is 0 Å². The van der Waals surface area contributed by atoms with Crippen LogP contribution in [0.5, 0.6) is 0 Å². The first kappa shape index (κ1) is 18.4. The Kier molecular flexibility index (Phi) is 4.55. The minimum Gasteiger partial charge on any atom is -0.342 e. The third-order valence-corrected chi connectivity index (χ3v) is 5.36. The summed E-state index contributed by atoms with van der Waals surface area (Å²) in [7, 11) is 0.